The minimum atomic E-state index is -0.252. The summed E-state index contributed by atoms with van der Waals surface area (Å²) >= 11 is 0. The van der Waals surface area contributed by atoms with Gasteiger partial charge in [-0.3, -0.25) is 14.5 Å². The van der Waals surface area contributed by atoms with E-state index in [1.807, 2.05) is 25.8 Å². The average molecular weight is 244 g/mol. The summed E-state index contributed by atoms with van der Waals surface area (Å²) in [5.74, 6) is -0.490. The van der Waals surface area contributed by atoms with Gasteiger partial charge in [-0.25, -0.2) is 0 Å². The van der Waals surface area contributed by atoms with Crippen LogP contribution in [0.3, 0.4) is 0 Å². The third kappa shape index (κ3) is 5.68. The molecular weight excluding hydrogens is 220 g/mol. The molecule has 5 nitrogen and oxygen atoms in total. The number of carbonyl (C=O) groups excluding carboxylic acids is 2. The van der Waals surface area contributed by atoms with E-state index in [0.717, 1.165) is 6.42 Å². The number of likely N-dealkylation sites (N-methyl/N-ethyl adjacent to an activating group) is 1. The maximum atomic E-state index is 11.7. The van der Waals surface area contributed by atoms with Crippen molar-refractivity contribution in [2.24, 2.45) is 5.92 Å². The molecule has 17 heavy (non-hydrogen) atoms. The highest BCUT2D eigenvalue weighted by Crippen LogP contribution is 2.04. The Morgan fingerprint density at radius 1 is 1.35 bits per heavy atom. The lowest BCUT2D eigenvalue weighted by molar-refractivity contribution is -0.146. The van der Waals surface area contributed by atoms with Gasteiger partial charge < -0.3 is 10.1 Å². The lowest BCUT2D eigenvalue weighted by atomic mass is 10.1. The molecule has 0 rings (SSSR count). The van der Waals surface area contributed by atoms with Gasteiger partial charge in [0, 0.05) is 13.1 Å². The predicted molar refractivity (Wildman–Crippen MR) is 66.6 cm³/mol. The van der Waals surface area contributed by atoms with Crippen molar-refractivity contribution in [3.63, 3.8) is 0 Å². The fourth-order valence-electron chi connectivity index (χ4n) is 1.46. The summed E-state index contributed by atoms with van der Waals surface area (Å²) in [6.45, 7) is 6.82. The second-order valence-corrected chi connectivity index (χ2v) is 4.33. The molecule has 0 saturated carbocycles. The summed E-state index contributed by atoms with van der Waals surface area (Å²) in [6, 6.07) is -0.242. The lowest BCUT2D eigenvalue weighted by Gasteiger charge is -2.25. The van der Waals surface area contributed by atoms with Crippen LogP contribution in [0.5, 0.6) is 0 Å². The number of amides is 1. The Bertz CT molecular complexity index is 256. The molecule has 2 atom stereocenters. The molecule has 0 aliphatic rings. The summed E-state index contributed by atoms with van der Waals surface area (Å²) in [4.78, 5) is 24.8. The van der Waals surface area contributed by atoms with Crippen molar-refractivity contribution < 1.29 is 14.3 Å². The first kappa shape index (κ1) is 15.9. The largest absolute Gasteiger partial charge is 0.469 e. The predicted octanol–water partition coefficient (Wildman–Crippen LogP) is 0.642. The maximum Gasteiger partial charge on any atom is 0.309 e. The van der Waals surface area contributed by atoms with Crippen molar-refractivity contribution in [1.82, 2.24) is 10.2 Å². The van der Waals surface area contributed by atoms with Gasteiger partial charge in [-0.15, -0.1) is 0 Å². The topological polar surface area (TPSA) is 58.6 Å². The first-order chi connectivity index (χ1) is 7.93. The van der Waals surface area contributed by atoms with E-state index in [-0.39, 0.29) is 23.8 Å². The molecule has 0 heterocycles. The fourth-order valence-corrected chi connectivity index (χ4v) is 1.46. The zero-order valence-electron chi connectivity index (χ0n) is 11.4. The first-order valence-corrected chi connectivity index (χ1v) is 5.99. The van der Waals surface area contributed by atoms with Crippen molar-refractivity contribution in [1.29, 1.82) is 0 Å². The van der Waals surface area contributed by atoms with Crippen LogP contribution in [-0.2, 0) is 14.3 Å². The molecule has 0 aliphatic heterocycles. The smallest absolute Gasteiger partial charge is 0.309 e. The highest BCUT2D eigenvalue weighted by atomic mass is 16.5. The molecule has 100 valence electrons. The van der Waals surface area contributed by atoms with Gasteiger partial charge in [0.15, 0.2) is 0 Å². The van der Waals surface area contributed by atoms with E-state index >= 15 is 0 Å². The number of ether oxygens (including phenoxy) is 1. The van der Waals surface area contributed by atoms with Gasteiger partial charge in [0.05, 0.1) is 19.1 Å². The van der Waals surface area contributed by atoms with E-state index in [1.54, 1.807) is 6.92 Å². The van der Waals surface area contributed by atoms with Crippen LogP contribution in [0.2, 0.25) is 0 Å². The maximum absolute atomic E-state index is 11.7. The zero-order chi connectivity index (χ0) is 13.4. The SMILES string of the molecule is CCCNC(=O)C(C)N(C)CC(C)C(=O)OC. The van der Waals surface area contributed by atoms with Crippen LogP contribution in [0.4, 0.5) is 0 Å². The summed E-state index contributed by atoms with van der Waals surface area (Å²) in [6.07, 6.45) is 0.917. The summed E-state index contributed by atoms with van der Waals surface area (Å²) in [5, 5.41) is 2.83. The van der Waals surface area contributed by atoms with E-state index < -0.39 is 0 Å². The first-order valence-electron chi connectivity index (χ1n) is 5.99. The van der Waals surface area contributed by atoms with E-state index in [1.165, 1.54) is 7.11 Å². The number of hydrogen-bond acceptors (Lipinski definition) is 4. The lowest BCUT2D eigenvalue weighted by Crippen LogP contribution is -2.45. The molecule has 2 unspecified atom stereocenters. The molecule has 0 bridgehead atoms. The molecule has 1 amide bonds. The van der Waals surface area contributed by atoms with Crippen molar-refractivity contribution in [3.05, 3.63) is 0 Å². The molecule has 0 aliphatic carbocycles. The molecule has 5 heteroatoms. The van der Waals surface area contributed by atoms with E-state index in [0.29, 0.717) is 13.1 Å². The van der Waals surface area contributed by atoms with Gasteiger partial charge in [-0.05, 0) is 20.4 Å². The summed E-state index contributed by atoms with van der Waals surface area (Å²) < 4.78 is 4.65. The van der Waals surface area contributed by atoms with Gasteiger partial charge in [0.25, 0.3) is 0 Å². The molecule has 0 spiro atoms. The van der Waals surface area contributed by atoms with Gasteiger partial charge in [0.2, 0.25) is 5.91 Å². The van der Waals surface area contributed by atoms with Gasteiger partial charge in [-0.2, -0.15) is 0 Å². The number of esters is 1. The standard InChI is InChI=1S/C12H24N2O3/c1-6-7-13-11(15)10(3)14(4)8-9(2)12(16)17-5/h9-10H,6-8H2,1-5H3,(H,13,15). The monoisotopic (exact) mass is 244 g/mol. The normalized spacial score (nSPS) is 14.2. The second-order valence-electron chi connectivity index (χ2n) is 4.33. The van der Waals surface area contributed by atoms with Crippen LogP contribution in [-0.4, -0.2) is 50.1 Å². The highest BCUT2D eigenvalue weighted by molar-refractivity contribution is 5.81. The Labute approximate surface area is 103 Å². The third-order valence-electron chi connectivity index (χ3n) is 2.76. The minimum Gasteiger partial charge on any atom is -0.469 e. The van der Waals surface area contributed by atoms with Gasteiger partial charge >= 0.3 is 5.97 Å². The van der Waals surface area contributed by atoms with Crippen molar-refractivity contribution in [2.75, 3.05) is 27.2 Å². The molecule has 0 aromatic carbocycles. The van der Waals surface area contributed by atoms with Gasteiger partial charge in [-0.1, -0.05) is 13.8 Å². The molecule has 1 N–H and O–H groups in total. The number of carbonyl (C=O) groups is 2. The van der Waals surface area contributed by atoms with Crippen LogP contribution in [0.15, 0.2) is 0 Å². The Kier molecular flexibility index (Phi) is 7.54. The zero-order valence-corrected chi connectivity index (χ0v) is 11.4. The van der Waals surface area contributed by atoms with Crippen molar-refractivity contribution >= 4 is 11.9 Å². The van der Waals surface area contributed by atoms with E-state index in [4.69, 9.17) is 0 Å². The Morgan fingerprint density at radius 3 is 2.41 bits per heavy atom. The number of methoxy groups -OCH3 is 1. The average Bonchev–Trinajstić information content (AvgIpc) is 2.33. The van der Waals surface area contributed by atoms with Crippen LogP contribution in [0, 0.1) is 5.92 Å². The number of nitrogens with one attached hydrogen (secondary N) is 1. The van der Waals surface area contributed by atoms with E-state index in [2.05, 4.69) is 10.1 Å². The summed E-state index contributed by atoms with van der Waals surface area (Å²) in [7, 11) is 3.20. The number of nitrogens with zero attached hydrogens (tertiary/aromatic N) is 1. The Balaban J connectivity index is 4.16. The van der Waals surface area contributed by atoms with Gasteiger partial charge in [0.1, 0.15) is 0 Å². The molecule has 0 aromatic rings. The molecule has 0 radical (unpaired) electrons. The van der Waals surface area contributed by atoms with Crippen LogP contribution < -0.4 is 5.32 Å². The number of hydrogen-bond donors (Lipinski definition) is 1. The third-order valence-corrected chi connectivity index (χ3v) is 2.76. The fraction of sp³-hybridized carbons (Fsp3) is 0.833. The Hall–Kier alpha value is -1.10. The molecule has 0 fully saturated rings. The van der Waals surface area contributed by atoms with Crippen LogP contribution in [0.1, 0.15) is 27.2 Å². The molecular formula is C12H24N2O3. The summed E-state index contributed by atoms with van der Waals surface area (Å²) in [5.41, 5.74) is 0. The van der Waals surface area contributed by atoms with E-state index in [9.17, 15) is 9.59 Å². The number of rotatable bonds is 7. The Morgan fingerprint density at radius 2 is 1.94 bits per heavy atom. The van der Waals surface area contributed by atoms with Crippen LogP contribution >= 0.6 is 0 Å². The second kappa shape index (κ2) is 8.06. The minimum absolute atomic E-state index is 0.00795. The van der Waals surface area contributed by atoms with Crippen LogP contribution in [0.25, 0.3) is 0 Å². The molecule has 0 saturated heterocycles. The van der Waals surface area contributed by atoms with Crippen molar-refractivity contribution in [3.8, 4) is 0 Å². The quantitative estimate of drug-likeness (QED) is 0.668. The molecule has 0 aromatic heterocycles. The van der Waals surface area contributed by atoms with Crippen molar-refractivity contribution in [2.45, 2.75) is 33.2 Å². The highest BCUT2D eigenvalue weighted by Gasteiger charge is 2.22.